The molecule has 1 aromatic heterocycles. The molecule has 2 aromatic carbocycles. The second-order valence-electron chi connectivity index (χ2n) is 7.52. The van der Waals surface area contributed by atoms with Crippen LogP contribution >= 0.6 is 0 Å². The van der Waals surface area contributed by atoms with E-state index < -0.39 is 12.1 Å². The SMILES string of the molecule is Cc1ccc(-c2cc(C(=O)O[C@H](C)C(=O)N3CCCC3)c3ccccc3n2)cc1. The van der Waals surface area contributed by atoms with Gasteiger partial charge in [0.05, 0.1) is 16.8 Å². The Bertz CT molecular complexity index is 1050. The lowest BCUT2D eigenvalue weighted by Crippen LogP contribution is -2.38. The van der Waals surface area contributed by atoms with Gasteiger partial charge >= 0.3 is 5.97 Å². The first kappa shape index (κ1) is 19.1. The highest BCUT2D eigenvalue weighted by Crippen LogP contribution is 2.26. The molecule has 0 saturated carbocycles. The summed E-state index contributed by atoms with van der Waals surface area (Å²) in [4.78, 5) is 32.0. The van der Waals surface area contributed by atoms with Crippen molar-refractivity contribution in [2.75, 3.05) is 13.1 Å². The summed E-state index contributed by atoms with van der Waals surface area (Å²) in [7, 11) is 0. The van der Waals surface area contributed by atoms with E-state index in [4.69, 9.17) is 9.72 Å². The molecule has 1 aliphatic rings. The highest BCUT2D eigenvalue weighted by atomic mass is 16.5. The minimum atomic E-state index is -0.810. The first-order chi connectivity index (χ1) is 14.0. The molecule has 2 heterocycles. The number of pyridine rings is 1. The molecule has 29 heavy (non-hydrogen) atoms. The van der Waals surface area contributed by atoms with Crippen LogP contribution in [0, 0.1) is 6.92 Å². The molecule has 0 spiro atoms. The average Bonchev–Trinajstić information content (AvgIpc) is 3.27. The van der Waals surface area contributed by atoms with Gasteiger partial charge in [-0.15, -0.1) is 0 Å². The quantitative estimate of drug-likeness (QED) is 0.623. The Morgan fingerprint density at radius 3 is 2.45 bits per heavy atom. The molecule has 0 N–H and O–H groups in total. The van der Waals surface area contributed by atoms with E-state index in [1.165, 1.54) is 0 Å². The van der Waals surface area contributed by atoms with Crippen LogP contribution in [0.5, 0.6) is 0 Å². The van der Waals surface area contributed by atoms with Crippen LogP contribution in [0.4, 0.5) is 0 Å². The minimum absolute atomic E-state index is 0.132. The normalized spacial score (nSPS) is 14.8. The molecule has 0 unspecified atom stereocenters. The Kier molecular flexibility index (Phi) is 5.30. The number of amides is 1. The maximum atomic E-state index is 13.0. The third-order valence-corrected chi connectivity index (χ3v) is 5.33. The topological polar surface area (TPSA) is 59.5 Å². The lowest BCUT2D eigenvalue weighted by molar-refractivity contribution is -0.138. The standard InChI is InChI=1S/C24H24N2O3/c1-16-9-11-18(12-10-16)22-15-20(19-7-3-4-8-21(19)25-22)24(28)29-17(2)23(27)26-13-5-6-14-26/h3-4,7-12,15,17H,5-6,13-14H2,1-2H3/t17-/m1/s1. The van der Waals surface area contributed by atoms with Gasteiger partial charge in [-0.25, -0.2) is 9.78 Å². The van der Waals surface area contributed by atoms with E-state index in [2.05, 4.69) is 0 Å². The molecule has 148 valence electrons. The van der Waals surface area contributed by atoms with E-state index in [9.17, 15) is 9.59 Å². The van der Waals surface area contributed by atoms with Crippen LogP contribution in [-0.4, -0.2) is 41.0 Å². The van der Waals surface area contributed by atoms with E-state index in [1.807, 2.05) is 55.5 Å². The Hall–Kier alpha value is -3.21. The summed E-state index contributed by atoms with van der Waals surface area (Å²) in [5, 5.41) is 0.717. The molecule has 4 rings (SSSR count). The monoisotopic (exact) mass is 388 g/mol. The fourth-order valence-electron chi connectivity index (χ4n) is 3.69. The van der Waals surface area contributed by atoms with Gasteiger partial charge in [0.1, 0.15) is 0 Å². The molecule has 1 amide bonds. The number of para-hydroxylation sites is 1. The van der Waals surface area contributed by atoms with Crippen LogP contribution in [0.3, 0.4) is 0 Å². The van der Waals surface area contributed by atoms with Crippen LogP contribution in [0.2, 0.25) is 0 Å². The van der Waals surface area contributed by atoms with E-state index in [-0.39, 0.29) is 5.91 Å². The van der Waals surface area contributed by atoms with Crippen molar-refractivity contribution >= 4 is 22.8 Å². The summed E-state index contributed by atoms with van der Waals surface area (Å²) >= 11 is 0. The molecule has 1 aliphatic heterocycles. The van der Waals surface area contributed by atoms with Crippen LogP contribution in [0.15, 0.2) is 54.6 Å². The fourth-order valence-corrected chi connectivity index (χ4v) is 3.69. The molecule has 0 radical (unpaired) electrons. The first-order valence-electron chi connectivity index (χ1n) is 9.99. The van der Waals surface area contributed by atoms with Crippen molar-refractivity contribution in [2.24, 2.45) is 0 Å². The Morgan fingerprint density at radius 2 is 1.72 bits per heavy atom. The van der Waals surface area contributed by atoms with Crippen molar-refractivity contribution in [3.05, 3.63) is 65.7 Å². The smallest absolute Gasteiger partial charge is 0.339 e. The predicted molar refractivity (Wildman–Crippen MR) is 113 cm³/mol. The number of fused-ring (bicyclic) bond motifs is 1. The molecule has 0 bridgehead atoms. The number of esters is 1. The number of likely N-dealkylation sites (tertiary alicyclic amines) is 1. The lowest BCUT2D eigenvalue weighted by Gasteiger charge is -2.20. The maximum Gasteiger partial charge on any atom is 0.339 e. The third-order valence-electron chi connectivity index (χ3n) is 5.33. The molecule has 1 fully saturated rings. The Balaban J connectivity index is 1.67. The number of ether oxygens (including phenoxy) is 1. The largest absolute Gasteiger partial charge is 0.449 e. The maximum absolute atomic E-state index is 13.0. The van der Waals surface area contributed by atoms with Gasteiger partial charge in [0.25, 0.3) is 5.91 Å². The zero-order valence-corrected chi connectivity index (χ0v) is 16.7. The number of rotatable bonds is 4. The molecule has 1 saturated heterocycles. The number of hydrogen-bond acceptors (Lipinski definition) is 4. The van der Waals surface area contributed by atoms with Gasteiger partial charge in [0, 0.05) is 24.0 Å². The van der Waals surface area contributed by atoms with Crippen LogP contribution < -0.4 is 0 Å². The van der Waals surface area contributed by atoms with Crippen molar-refractivity contribution in [3.8, 4) is 11.3 Å². The molecular formula is C24H24N2O3. The predicted octanol–water partition coefficient (Wildman–Crippen LogP) is 4.38. The summed E-state index contributed by atoms with van der Waals surface area (Å²) in [5.41, 5.74) is 3.93. The van der Waals surface area contributed by atoms with E-state index >= 15 is 0 Å². The molecule has 5 nitrogen and oxygen atoms in total. The van der Waals surface area contributed by atoms with Crippen molar-refractivity contribution in [1.82, 2.24) is 9.88 Å². The van der Waals surface area contributed by atoms with E-state index in [0.29, 0.717) is 16.6 Å². The number of carbonyl (C=O) groups excluding carboxylic acids is 2. The zero-order valence-electron chi connectivity index (χ0n) is 16.7. The van der Waals surface area contributed by atoms with E-state index in [0.717, 1.165) is 42.6 Å². The van der Waals surface area contributed by atoms with E-state index in [1.54, 1.807) is 17.9 Å². The van der Waals surface area contributed by atoms with Gasteiger partial charge in [-0.2, -0.15) is 0 Å². The van der Waals surface area contributed by atoms with Crippen LogP contribution in [0.25, 0.3) is 22.2 Å². The first-order valence-corrected chi connectivity index (χ1v) is 9.99. The highest BCUT2D eigenvalue weighted by molar-refractivity contribution is 6.05. The summed E-state index contributed by atoms with van der Waals surface area (Å²) in [5.74, 6) is -0.634. The number of hydrogen-bond donors (Lipinski definition) is 0. The Labute approximate surface area is 170 Å². The van der Waals surface area contributed by atoms with Crippen LogP contribution in [0.1, 0.15) is 35.7 Å². The number of aryl methyl sites for hydroxylation is 1. The second kappa shape index (κ2) is 8.03. The number of carbonyl (C=O) groups is 2. The minimum Gasteiger partial charge on any atom is -0.449 e. The molecule has 0 aliphatic carbocycles. The average molecular weight is 388 g/mol. The van der Waals surface area contributed by atoms with Gasteiger partial charge in [-0.1, -0.05) is 48.0 Å². The molecular weight excluding hydrogens is 364 g/mol. The number of nitrogens with zero attached hydrogens (tertiary/aromatic N) is 2. The van der Waals surface area contributed by atoms with Crippen molar-refractivity contribution in [1.29, 1.82) is 0 Å². The summed E-state index contributed by atoms with van der Waals surface area (Å²) in [6.07, 6.45) is 1.19. The third kappa shape index (κ3) is 3.99. The summed E-state index contributed by atoms with van der Waals surface area (Å²) in [6.45, 7) is 5.13. The second-order valence-corrected chi connectivity index (χ2v) is 7.52. The van der Waals surface area contributed by atoms with Crippen molar-refractivity contribution in [3.63, 3.8) is 0 Å². The van der Waals surface area contributed by atoms with Gasteiger partial charge in [0.15, 0.2) is 6.10 Å². The summed E-state index contributed by atoms with van der Waals surface area (Å²) in [6, 6.07) is 17.2. The number of aromatic nitrogens is 1. The van der Waals surface area contributed by atoms with Gasteiger partial charge < -0.3 is 9.64 Å². The molecule has 3 aromatic rings. The highest BCUT2D eigenvalue weighted by Gasteiger charge is 2.27. The van der Waals surface area contributed by atoms with Gasteiger partial charge in [-0.3, -0.25) is 4.79 Å². The zero-order chi connectivity index (χ0) is 20.4. The lowest BCUT2D eigenvalue weighted by atomic mass is 10.0. The Morgan fingerprint density at radius 1 is 1.03 bits per heavy atom. The van der Waals surface area contributed by atoms with Crippen molar-refractivity contribution in [2.45, 2.75) is 32.8 Å². The van der Waals surface area contributed by atoms with Gasteiger partial charge in [-0.05, 0) is 38.8 Å². The molecule has 1 atom stereocenters. The number of benzene rings is 2. The van der Waals surface area contributed by atoms with Crippen LogP contribution in [-0.2, 0) is 9.53 Å². The van der Waals surface area contributed by atoms with Gasteiger partial charge in [0.2, 0.25) is 0 Å². The summed E-state index contributed by atoms with van der Waals surface area (Å²) < 4.78 is 5.57. The fraction of sp³-hybridized carbons (Fsp3) is 0.292. The van der Waals surface area contributed by atoms with Crippen molar-refractivity contribution < 1.29 is 14.3 Å². The molecule has 5 heteroatoms.